The summed E-state index contributed by atoms with van der Waals surface area (Å²) in [5, 5.41) is 0. The van der Waals surface area contributed by atoms with Crippen LogP contribution in [0.15, 0.2) is 0 Å². The zero-order valence-electron chi connectivity index (χ0n) is 13.2. The summed E-state index contributed by atoms with van der Waals surface area (Å²) < 4.78 is 0. The zero-order chi connectivity index (χ0) is 14.1. The van der Waals surface area contributed by atoms with Crippen molar-refractivity contribution >= 4 is 5.78 Å². The molecular weight excluding hydrogens is 248 g/mol. The summed E-state index contributed by atoms with van der Waals surface area (Å²) in [6.07, 6.45) is 8.80. The Balaban J connectivity index is 1.56. The summed E-state index contributed by atoms with van der Waals surface area (Å²) in [6, 6.07) is 2.00. The van der Waals surface area contributed by atoms with Crippen LogP contribution in [0.25, 0.3) is 0 Å². The molecule has 20 heavy (non-hydrogen) atoms. The van der Waals surface area contributed by atoms with Gasteiger partial charge in [-0.25, -0.2) is 0 Å². The van der Waals surface area contributed by atoms with Gasteiger partial charge in [0, 0.05) is 37.1 Å². The van der Waals surface area contributed by atoms with E-state index in [4.69, 9.17) is 0 Å². The van der Waals surface area contributed by atoms with E-state index in [2.05, 4.69) is 23.6 Å². The van der Waals surface area contributed by atoms with E-state index in [1.54, 1.807) is 0 Å². The van der Waals surface area contributed by atoms with Crippen molar-refractivity contribution in [2.75, 3.05) is 19.6 Å². The molecule has 1 saturated carbocycles. The lowest BCUT2D eigenvalue weighted by Gasteiger charge is -2.44. The van der Waals surface area contributed by atoms with Crippen LogP contribution in [0.3, 0.4) is 0 Å². The maximum Gasteiger partial charge on any atom is 0.149 e. The second-order valence-electron chi connectivity index (χ2n) is 7.24. The monoisotopic (exact) mass is 278 g/mol. The Bertz CT molecular complexity index is 351. The van der Waals surface area contributed by atoms with Gasteiger partial charge in [0.05, 0.1) is 6.54 Å². The van der Waals surface area contributed by atoms with Gasteiger partial charge in [-0.15, -0.1) is 0 Å². The molecule has 0 aromatic heterocycles. The molecular formula is C17H30N2O. The van der Waals surface area contributed by atoms with Gasteiger partial charge in [0.15, 0.2) is 0 Å². The lowest BCUT2D eigenvalue weighted by molar-refractivity contribution is -0.126. The topological polar surface area (TPSA) is 23.6 Å². The third kappa shape index (κ3) is 2.80. The van der Waals surface area contributed by atoms with Crippen molar-refractivity contribution in [3.8, 4) is 0 Å². The van der Waals surface area contributed by atoms with E-state index in [9.17, 15) is 4.79 Å². The number of carbonyl (C=O) groups is 1. The van der Waals surface area contributed by atoms with Gasteiger partial charge in [-0.2, -0.15) is 0 Å². The number of hydrogen-bond acceptors (Lipinski definition) is 3. The van der Waals surface area contributed by atoms with Crippen LogP contribution in [-0.4, -0.2) is 53.3 Å². The Hall–Kier alpha value is -0.410. The number of Topliss-reactive ketones (excluding diaryl/α,β-unsaturated/α-hetero) is 1. The van der Waals surface area contributed by atoms with Crippen molar-refractivity contribution in [3.63, 3.8) is 0 Å². The van der Waals surface area contributed by atoms with Crippen molar-refractivity contribution in [2.45, 2.75) is 76.9 Å². The molecule has 3 nitrogen and oxygen atoms in total. The second-order valence-corrected chi connectivity index (χ2v) is 7.24. The van der Waals surface area contributed by atoms with Gasteiger partial charge in [-0.05, 0) is 39.5 Å². The van der Waals surface area contributed by atoms with Crippen LogP contribution in [0.4, 0.5) is 0 Å². The quantitative estimate of drug-likeness (QED) is 0.793. The third-order valence-corrected chi connectivity index (χ3v) is 6.07. The Morgan fingerprint density at radius 3 is 2.50 bits per heavy atom. The van der Waals surface area contributed by atoms with Crippen LogP contribution in [0.1, 0.15) is 58.8 Å². The first-order chi connectivity index (χ1) is 9.66. The molecule has 2 aliphatic heterocycles. The van der Waals surface area contributed by atoms with Crippen LogP contribution >= 0.6 is 0 Å². The Kier molecular flexibility index (Phi) is 4.46. The number of rotatable bonds is 3. The van der Waals surface area contributed by atoms with Crippen LogP contribution in [0, 0.1) is 5.92 Å². The molecule has 0 bridgehead atoms. The zero-order valence-corrected chi connectivity index (χ0v) is 13.2. The standard InChI is InChI=1S/C17H30N2O/c1-13-8-9-16-14(2)18(10-11-19(13)16)12-17(20)15-6-4-3-5-7-15/h13-16H,3-12H2,1-2H3. The van der Waals surface area contributed by atoms with Crippen molar-refractivity contribution in [2.24, 2.45) is 5.92 Å². The van der Waals surface area contributed by atoms with E-state index in [1.807, 2.05) is 0 Å². The predicted molar refractivity (Wildman–Crippen MR) is 81.8 cm³/mol. The number of hydrogen-bond donors (Lipinski definition) is 0. The van der Waals surface area contributed by atoms with Crippen LogP contribution in [0.5, 0.6) is 0 Å². The van der Waals surface area contributed by atoms with E-state index >= 15 is 0 Å². The summed E-state index contributed by atoms with van der Waals surface area (Å²) in [4.78, 5) is 17.7. The summed E-state index contributed by atoms with van der Waals surface area (Å²) in [7, 11) is 0. The van der Waals surface area contributed by atoms with E-state index in [0.29, 0.717) is 30.3 Å². The first-order valence-corrected chi connectivity index (χ1v) is 8.69. The van der Waals surface area contributed by atoms with Crippen LogP contribution in [-0.2, 0) is 4.79 Å². The highest BCUT2D eigenvalue weighted by atomic mass is 16.1. The van der Waals surface area contributed by atoms with E-state index in [1.165, 1.54) is 32.1 Å². The fraction of sp³-hybridized carbons (Fsp3) is 0.941. The van der Waals surface area contributed by atoms with Gasteiger partial charge < -0.3 is 0 Å². The predicted octanol–water partition coefficient (Wildman–Crippen LogP) is 2.69. The highest BCUT2D eigenvalue weighted by molar-refractivity contribution is 5.83. The van der Waals surface area contributed by atoms with Gasteiger partial charge in [0.25, 0.3) is 0 Å². The largest absolute Gasteiger partial charge is 0.298 e. The van der Waals surface area contributed by atoms with Gasteiger partial charge >= 0.3 is 0 Å². The molecule has 3 fully saturated rings. The molecule has 1 aliphatic carbocycles. The highest BCUT2D eigenvalue weighted by Gasteiger charge is 2.40. The number of ketones is 1. The molecule has 0 aromatic carbocycles. The number of carbonyl (C=O) groups excluding carboxylic acids is 1. The summed E-state index contributed by atoms with van der Waals surface area (Å²) in [5.41, 5.74) is 0. The second kappa shape index (κ2) is 6.15. The number of piperazine rings is 1. The summed E-state index contributed by atoms with van der Waals surface area (Å²) in [5.74, 6) is 0.896. The van der Waals surface area contributed by atoms with Crippen molar-refractivity contribution < 1.29 is 4.79 Å². The average molecular weight is 278 g/mol. The molecule has 3 unspecified atom stereocenters. The molecule has 0 N–H and O–H groups in total. The lowest BCUT2D eigenvalue weighted by Crippen LogP contribution is -2.58. The molecule has 3 rings (SSSR count). The number of nitrogens with zero attached hydrogens (tertiary/aromatic N) is 2. The molecule has 0 amide bonds. The van der Waals surface area contributed by atoms with E-state index < -0.39 is 0 Å². The first kappa shape index (κ1) is 14.5. The Morgan fingerprint density at radius 1 is 1.00 bits per heavy atom. The SMILES string of the molecule is CC1C2CCC(C)N2CCN1CC(=O)C1CCCCC1. The molecule has 0 radical (unpaired) electrons. The Morgan fingerprint density at radius 2 is 1.75 bits per heavy atom. The number of fused-ring (bicyclic) bond motifs is 1. The maximum absolute atomic E-state index is 12.5. The minimum atomic E-state index is 0.372. The molecule has 3 atom stereocenters. The third-order valence-electron chi connectivity index (χ3n) is 6.07. The van der Waals surface area contributed by atoms with Gasteiger partial charge in [0.2, 0.25) is 0 Å². The summed E-state index contributed by atoms with van der Waals surface area (Å²) >= 11 is 0. The first-order valence-electron chi connectivity index (χ1n) is 8.69. The minimum Gasteiger partial charge on any atom is -0.298 e. The van der Waals surface area contributed by atoms with Crippen LogP contribution < -0.4 is 0 Å². The van der Waals surface area contributed by atoms with Crippen LogP contribution in [0.2, 0.25) is 0 Å². The normalized spacial score (nSPS) is 37.0. The molecule has 114 valence electrons. The Labute approximate surface area is 123 Å². The highest BCUT2D eigenvalue weighted by Crippen LogP contribution is 2.31. The van der Waals surface area contributed by atoms with Crippen molar-refractivity contribution in [1.29, 1.82) is 0 Å². The maximum atomic E-state index is 12.5. The van der Waals surface area contributed by atoms with Crippen molar-refractivity contribution in [3.05, 3.63) is 0 Å². The molecule has 2 heterocycles. The van der Waals surface area contributed by atoms with E-state index in [0.717, 1.165) is 32.0 Å². The average Bonchev–Trinajstić information content (AvgIpc) is 2.85. The summed E-state index contributed by atoms with van der Waals surface area (Å²) in [6.45, 7) is 7.65. The minimum absolute atomic E-state index is 0.372. The fourth-order valence-corrected chi connectivity index (χ4v) is 4.64. The van der Waals surface area contributed by atoms with Gasteiger partial charge in [-0.3, -0.25) is 14.6 Å². The molecule has 3 aliphatic rings. The fourth-order valence-electron chi connectivity index (χ4n) is 4.64. The molecule has 3 heteroatoms. The van der Waals surface area contributed by atoms with E-state index in [-0.39, 0.29) is 0 Å². The van der Waals surface area contributed by atoms with Crippen molar-refractivity contribution in [1.82, 2.24) is 9.80 Å². The lowest BCUT2D eigenvalue weighted by atomic mass is 9.86. The van der Waals surface area contributed by atoms with Gasteiger partial charge in [0.1, 0.15) is 5.78 Å². The molecule has 0 spiro atoms. The van der Waals surface area contributed by atoms with Gasteiger partial charge in [-0.1, -0.05) is 19.3 Å². The molecule has 2 saturated heterocycles. The molecule has 0 aromatic rings. The smallest absolute Gasteiger partial charge is 0.149 e.